The molecule has 2 heteroatoms. The highest BCUT2D eigenvalue weighted by atomic mass is 35.5. The van der Waals surface area contributed by atoms with Gasteiger partial charge in [-0.1, -0.05) is 6.92 Å². The Morgan fingerprint density at radius 3 is 2.14 bits per heavy atom. The summed E-state index contributed by atoms with van der Waals surface area (Å²) in [5.41, 5.74) is 0. The van der Waals surface area contributed by atoms with Gasteiger partial charge in [-0.15, -0.1) is 11.6 Å². The molecule has 1 rings (SSSR count). The van der Waals surface area contributed by atoms with Crippen molar-refractivity contribution in [3.8, 4) is 0 Å². The summed E-state index contributed by atoms with van der Waals surface area (Å²) < 4.78 is -0.139. The molecule has 0 N–H and O–H groups in total. The molecule has 0 spiro atoms. The van der Waals surface area contributed by atoms with Gasteiger partial charge in [0.2, 0.25) is 0 Å². The molecule has 0 radical (unpaired) electrons. The maximum Gasteiger partial charge on any atom is 0.0873 e. The lowest BCUT2D eigenvalue weighted by atomic mass is 9.86. The van der Waals surface area contributed by atoms with E-state index in [2.05, 4.69) is 19.6 Å². The van der Waals surface area contributed by atoms with E-state index in [1.807, 2.05) is 0 Å². The Hall–Kier alpha value is 0.640. The number of rotatable bonds is 0. The van der Waals surface area contributed by atoms with Crippen molar-refractivity contribution >= 4 is 24.2 Å². The molecule has 0 unspecified atom stereocenters. The van der Waals surface area contributed by atoms with Gasteiger partial charge < -0.3 is 0 Å². The molecule has 0 nitrogen and oxygen atoms in total. The third-order valence-corrected chi connectivity index (χ3v) is 2.00. The molecule has 0 aromatic heterocycles. The maximum atomic E-state index is 5.76. The first-order chi connectivity index (χ1) is 3.10. The highest BCUT2D eigenvalue weighted by Gasteiger charge is 2.36. The number of halogens is 1. The topological polar surface area (TPSA) is 0 Å². The number of thiol groups is 1. The molecular formula is C5H9ClS. The molecule has 0 saturated heterocycles. The lowest BCUT2D eigenvalue weighted by molar-refractivity contribution is 0.329. The molecule has 7 heavy (non-hydrogen) atoms. The third kappa shape index (κ3) is 1.26. The van der Waals surface area contributed by atoms with Crippen molar-refractivity contribution in [1.82, 2.24) is 0 Å². The molecule has 42 valence electrons. The van der Waals surface area contributed by atoms with Gasteiger partial charge in [0.1, 0.15) is 0 Å². The molecule has 0 bridgehead atoms. The van der Waals surface area contributed by atoms with Crippen molar-refractivity contribution in [2.45, 2.75) is 24.0 Å². The lowest BCUT2D eigenvalue weighted by Gasteiger charge is -2.36. The minimum Gasteiger partial charge on any atom is -0.156 e. The van der Waals surface area contributed by atoms with E-state index in [4.69, 9.17) is 11.6 Å². The smallest absolute Gasteiger partial charge is 0.0873 e. The van der Waals surface area contributed by atoms with E-state index in [1.165, 1.54) is 0 Å². The van der Waals surface area contributed by atoms with E-state index in [0.717, 1.165) is 18.8 Å². The number of alkyl halides is 1. The molecule has 1 fully saturated rings. The standard InChI is InChI=1S/C5H9ClS/c1-4-2-5(6,7)3-4/h4,7H,2-3H2,1H3. The van der Waals surface area contributed by atoms with Crippen LogP contribution in [0, 0.1) is 5.92 Å². The summed E-state index contributed by atoms with van der Waals surface area (Å²) in [5, 5.41) is 0. The highest BCUT2D eigenvalue weighted by molar-refractivity contribution is 7.83. The normalized spacial score (nSPS) is 51.0. The van der Waals surface area contributed by atoms with Crippen molar-refractivity contribution in [3.63, 3.8) is 0 Å². The largest absolute Gasteiger partial charge is 0.156 e. The van der Waals surface area contributed by atoms with Crippen LogP contribution in [0.25, 0.3) is 0 Å². The third-order valence-electron chi connectivity index (χ3n) is 1.32. The van der Waals surface area contributed by atoms with Crippen molar-refractivity contribution < 1.29 is 0 Å². The summed E-state index contributed by atoms with van der Waals surface area (Å²) in [6, 6.07) is 0. The van der Waals surface area contributed by atoms with E-state index in [9.17, 15) is 0 Å². The fraction of sp³-hybridized carbons (Fsp3) is 1.00. The summed E-state index contributed by atoms with van der Waals surface area (Å²) in [6.07, 6.45) is 2.13. The molecule has 1 aliphatic rings. The Morgan fingerprint density at radius 2 is 2.14 bits per heavy atom. The lowest BCUT2D eigenvalue weighted by Crippen LogP contribution is -2.31. The summed E-state index contributed by atoms with van der Waals surface area (Å²) >= 11 is 9.93. The van der Waals surface area contributed by atoms with Gasteiger partial charge in [-0.2, -0.15) is 12.6 Å². The predicted octanol–water partition coefficient (Wildman–Crippen LogP) is 2.28. The van der Waals surface area contributed by atoms with Gasteiger partial charge in [-0.3, -0.25) is 0 Å². The van der Waals surface area contributed by atoms with Crippen LogP contribution in [0.5, 0.6) is 0 Å². The molecule has 0 amide bonds. The molecular weight excluding hydrogens is 128 g/mol. The first kappa shape index (κ1) is 5.77. The number of hydrogen-bond donors (Lipinski definition) is 1. The van der Waals surface area contributed by atoms with E-state index in [0.29, 0.717) is 0 Å². The zero-order valence-corrected chi connectivity index (χ0v) is 5.97. The minimum atomic E-state index is -0.139. The Kier molecular flexibility index (Phi) is 1.29. The molecule has 0 heterocycles. The van der Waals surface area contributed by atoms with E-state index >= 15 is 0 Å². The van der Waals surface area contributed by atoms with Crippen LogP contribution in [-0.2, 0) is 0 Å². The summed E-state index contributed by atoms with van der Waals surface area (Å²) in [6.45, 7) is 2.19. The fourth-order valence-electron chi connectivity index (χ4n) is 1.01. The Morgan fingerprint density at radius 1 is 1.71 bits per heavy atom. The Bertz CT molecular complexity index is 72.1. The second kappa shape index (κ2) is 1.56. The van der Waals surface area contributed by atoms with Crippen LogP contribution in [0.15, 0.2) is 0 Å². The van der Waals surface area contributed by atoms with Crippen LogP contribution in [0.3, 0.4) is 0 Å². The van der Waals surface area contributed by atoms with Gasteiger partial charge in [0.25, 0.3) is 0 Å². The van der Waals surface area contributed by atoms with Crippen LogP contribution in [-0.4, -0.2) is 4.21 Å². The van der Waals surface area contributed by atoms with E-state index in [1.54, 1.807) is 0 Å². The molecule has 1 saturated carbocycles. The predicted molar refractivity (Wildman–Crippen MR) is 36.0 cm³/mol. The van der Waals surface area contributed by atoms with Gasteiger partial charge in [0.05, 0.1) is 4.21 Å². The van der Waals surface area contributed by atoms with Crippen LogP contribution in [0.4, 0.5) is 0 Å². The first-order valence-corrected chi connectivity index (χ1v) is 3.34. The van der Waals surface area contributed by atoms with Crippen LogP contribution < -0.4 is 0 Å². The van der Waals surface area contributed by atoms with Gasteiger partial charge in [-0.05, 0) is 18.8 Å². The van der Waals surface area contributed by atoms with Gasteiger partial charge in [-0.25, -0.2) is 0 Å². The molecule has 0 aromatic carbocycles. The zero-order chi connectivity index (χ0) is 5.49. The van der Waals surface area contributed by atoms with E-state index < -0.39 is 0 Å². The Labute approximate surface area is 54.7 Å². The summed E-state index contributed by atoms with van der Waals surface area (Å²) in [7, 11) is 0. The second-order valence-corrected chi connectivity index (χ2v) is 4.27. The average Bonchev–Trinajstić information content (AvgIpc) is 1.27. The van der Waals surface area contributed by atoms with Crippen LogP contribution >= 0.6 is 24.2 Å². The van der Waals surface area contributed by atoms with Crippen molar-refractivity contribution in [3.05, 3.63) is 0 Å². The fourth-order valence-corrected chi connectivity index (χ4v) is 2.16. The van der Waals surface area contributed by atoms with Gasteiger partial charge in [0.15, 0.2) is 0 Å². The monoisotopic (exact) mass is 136 g/mol. The van der Waals surface area contributed by atoms with Crippen molar-refractivity contribution in [2.24, 2.45) is 5.92 Å². The molecule has 1 aliphatic carbocycles. The molecule has 0 aliphatic heterocycles. The molecule has 0 atom stereocenters. The summed E-state index contributed by atoms with van der Waals surface area (Å²) in [4.78, 5) is 0. The summed E-state index contributed by atoms with van der Waals surface area (Å²) in [5.74, 6) is 0.801. The van der Waals surface area contributed by atoms with Gasteiger partial charge >= 0.3 is 0 Å². The SMILES string of the molecule is CC1CC(S)(Cl)C1. The Balaban J connectivity index is 2.29. The van der Waals surface area contributed by atoms with Gasteiger partial charge in [0, 0.05) is 0 Å². The molecule has 0 aromatic rings. The quantitative estimate of drug-likeness (QED) is 0.384. The average molecular weight is 137 g/mol. The first-order valence-electron chi connectivity index (χ1n) is 2.51. The zero-order valence-electron chi connectivity index (χ0n) is 4.32. The highest BCUT2D eigenvalue weighted by Crippen LogP contribution is 2.45. The number of hydrogen-bond acceptors (Lipinski definition) is 1. The second-order valence-electron chi connectivity index (χ2n) is 2.43. The van der Waals surface area contributed by atoms with E-state index in [-0.39, 0.29) is 4.21 Å². The van der Waals surface area contributed by atoms with Crippen molar-refractivity contribution in [1.29, 1.82) is 0 Å². The minimum absolute atomic E-state index is 0.139. The van der Waals surface area contributed by atoms with Crippen molar-refractivity contribution in [2.75, 3.05) is 0 Å². The maximum absolute atomic E-state index is 5.76. The van der Waals surface area contributed by atoms with Crippen LogP contribution in [0.1, 0.15) is 19.8 Å². The van der Waals surface area contributed by atoms with Crippen LogP contribution in [0.2, 0.25) is 0 Å².